The molecular formula is C20H28N2O2. The molecule has 24 heavy (non-hydrogen) atoms. The fraction of sp³-hybridized carbons (Fsp3) is 0.600. The molecule has 3 rings (SSSR count). The second-order valence-electron chi connectivity index (χ2n) is 6.94. The molecule has 0 spiro atoms. The molecule has 1 aromatic carbocycles. The molecule has 2 unspecified atom stereocenters. The highest BCUT2D eigenvalue weighted by molar-refractivity contribution is 5.79. The smallest absolute Gasteiger partial charge is 0.223 e. The van der Waals surface area contributed by atoms with Gasteiger partial charge in [-0.1, -0.05) is 38.1 Å². The number of rotatable bonds is 5. The van der Waals surface area contributed by atoms with E-state index in [0.717, 1.165) is 32.2 Å². The Labute approximate surface area is 144 Å². The molecule has 0 aromatic heterocycles. The number of likely N-dealkylation sites (tertiary alicyclic amines) is 2. The molecular weight excluding hydrogens is 300 g/mol. The number of benzene rings is 1. The van der Waals surface area contributed by atoms with Crippen LogP contribution in [0.3, 0.4) is 0 Å². The highest BCUT2D eigenvalue weighted by Crippen LogP contribution is 2.37. The van der Waals surface area contributed by atoms with Crippen molar-refractivity contribution in [2.24, 2.45) is 0 Å². The quantitative estimate of drug-likeness (QED) is 0.832. The first-order chi connectivity index (χ1) is 11.6. The van der Waals surface area contributed by atoms with E-state index < -0.39 is 0 Å². The van der Waals surface area contributed by atoms with Gasteiger partial charge in [0, 0.05) is 32.0 Å². The zero-order valence-corrected chi connectivity index (χ0v) is 14.8. The maximum Gasteiger partial charge on any atom is 0.223 e. The van der Waals surface area contributed by atoms with Crippen molar-refractivity contribution in [1.29, 1.82) is 0 Å². The lowest BCUT2D eigenvalue weighted by molar-refractivity contribution is -0.136. The second kappa shape index (κ2) is 7.37. The van der Waals surface area contributed by atoms with E-state index in [4.69, 9.17) is 0 Å². The number of hydrogen-bond acceptors (Lipinski definition) is 2. The highest BCUT2D eigenvalue weighted by Gasteiger charge is 2.38. The molecule has 2 aliphatic rings. The number of carbonyl (C=O) groups is 2. The molecule has 0 saturated carbocycles. The van der Waals surface area contributed by atoms with Crippen LogP contribution in [0.1, 0.15) is 63.1 Å². The van der Waals surface area contributed by atoms with Crippen LogP contribution in [0.15, 0.2) is 24.3 Å². The Balaban J connectivity index is 1.81. The predicted octanol–water partition coefficient (Wildman–Crippen LogP) is 3.31. The third-order valence-electron chi connectivity index (χ3n) is 5.44. The van der Waals surface area contributed by atoms with Crippen molar-refractivity contribution in [2.45, 2.75) is 64.5 Å². The molecule has 2 atom stereocenters. The zero-order chi connectivity index (χ0) is 17.1. The molecule has 2 fully saturated rings. The summed E-state index contributed by atoms with van der Waals surface area (Å²) >= 11 is 0. The number of nitrogens with zero attached hydrogens (tertiary/aromatic N) is 2. The van der Waals surface area contributed by atoms with Crippen molar-refractivity contribution < 1.29 is 9.59 Å². The summed E-state index contributed by atoms with van der Waals surface area (Å²) in [6, 6.07) is 8.94. The normalized spacial score (nSPS) is 24.0. The van der Waals surface area contributed by atoms with E-state index >= 15 is 0 Å². The average molecular weight is 328 g/mol. The van der Waals surface area contributed by atoms with Crippen LogP contribution in [0.25, 0.3) is 0 Å². The van der Waals surface area contributed by atoms with Gasteiger partial charge in [-0.15, -0.1) is 0 Å². The summed E-state index contributed by atoms with van der Waals surface area (Å²) in [5.74, 6) is 0.450. The SMILES string of the molecule is CCC(=O)N1C(CN2CCCC2=O)CCC1c1cccc(CC)c1. The third kappa shape index (κ3) is 3.33. The first kappa shape index (κ1) is 17.0. The molecule has 0 aliphatic carbocycles. The molecule has 2 heterocycles. The minimum Gasteiger partial charge on any atom is -0.341 e. The van der Waals surface area contributed by atoms with Crippen LogP contribution in [0.4, 0.5) is 0 Å². The number of hydrogen-bond donors (Lipinski definition) is 0. The molecule has 4 heteroatoms. The van der Waals surface area contributed by atoms with Gasteiger partial charge < -0.3 is 9.80 Å². The van der Waals surface area contributed by atoms with Gasteiger partial charge >= 0.3 is 0 Å². The molecule has 130 valence electrons. The van der Waals surface area contributed by atoms with Crippen LogP contribution in [0, 0.1) is 0 Å². The molecule has 2 amide bonds. The van der Waals surface area contributed by atoms with Crippen molar-refractivity contribution >= 4 is 11.8 Å². The van der Waals surface area contributed by atoms with Crippen molar-refractivity contribution in [2.75, 3.05) is 13.1 Å². The maximum absolute atomic E-state index is 12.6. The Morgan fingerprint density at radius 1 is 1.25 bits per heavy atom. The highest BCUT2D eigenvalue weighted by atomic mass is 16.2. The van der Waals surface area contributed by atoms with Gasteiger partial charge in [0.15, 0.2) is 0 Å². The van der Waals surface area contributed by atoms with Gasteiger partial charge in [0.2, 0.25) is 11.8 Å². The Bertz CT molecular complexity index is 613. The van der Waals surface area contributed by atoms with Crippen molar-refractivity contribution in [1.82, 2.24) is 9.80 Å². The Morgan fingerprint density at radius 2 is 2.08 bits per heavy atom. The average Bonchev–Trinajstić information content (AvgIpc) is 3.21. The Hall–Kier alpha value is -1.84. The number of amides is 2. The molecule has 1 aromatic rings. The first-order valence-electron chi connectivity index (χ1n) is 9.31. The van der Waals surface area contributed by atoms with Crippen LogP contribution in [0.2, 0.25) is 0 Å². The minimum atomic E-state index is 0.159. The summed E-state index contributed by atoms with van der Waals surface area (Å²) in [7, 11) is 0. The standard InChI is InChI=1S/C20H28N2O2/c1-3-15-7-5-8-16(13-15)18-11-10-17(22(18)19(23)4-2)14-21-12-6-9-20(21)24/h5,7-8,13,17-18H,3-4,6,9-12,14H2,1-2H3. The van der Waals surface area contributed by atoms with Crippen LogP contribution < -0.4 is 0 Å². The fourth-order valence-corrected chi connectivity index (χ4v) is 4.12. The lowest BCUT2D eigenvalue weighted by Gasteiger charge is -2.33. The molecule has 0 bridgehead atoms. The molecule has 2 saturated heterocycles. The van der Waals surface area contributed by atoms with E-state index in [2.05, 4.69) is 36.1 Å². The van der Waals surface area contributed by atoms with Gasteiger partial charge in [0.1, 0.15) is 0 Å². The van der Waals surface area contributed by atoms with E-state index in [-0.39, 0.29) is 23.9 Å². The van der Waals surface area contributed by atoms with Crippen LogP contribution in [-0.4, -0.2) is 40.7 Å². The van der Waals surface area contributed by atoms with E-state index in [1.807, 2.05) is 11.8 Å². The monoisotopic (exact) mass is 328 g/mol. The summed E-state index contributed by atoms with van der Waals surface area (Å²) in [5.41, 5.74) is 2.56. The van der Waals surface area contributed by atoms with Gasteiger partial charge in [-0.05, 0) is 36.8 Å². The molecule has 2 aliphatic heterocycles. The summed E-state index contributed by atoms with van der Waals surface area (Å²) in [6.45, 7) is 5.64. The Kier molecular flexibility index (Phi) is 5.22. The third-order valence-corrected chi connectivity index (χ3v) is 5.44. The van der Waals surface area contributed by atoms with Gasteiger partial charge in [-0.3, -0.25) is 9.59 Å². The lowest BCUT2D eigenvalue weighted by atomic mass is 10.0. The van der Waals surface area contributed by atoms with E-state index in [1.54, 1.807) is 0 Å². The van der Waals surface area contributed by atoms with Crippen LogP contribution in [-0.2, 0) is 16.0 Å². The van der Waals surface area contributed by atoms with Gasteiger partial charge in [0.05, 0.1) is 6.04 Å². The fourth-order valence-electron chi connectivity index (χ4n) is 4.12. The molecule has 0 radical (unpaired) electrons. The minimum absolute atomic E-state index is 0.159. The van der Waals surface area contributed by atoms with Crippen molar-refractivity contribution in [3.8, 4) is 0 Å². The van der Waals surface area contributed by atoms with Crippen molar-refractivity contribution in [3.63, 3.8) is 0 Å². The molecule has 0 N–H and O–H groups in total. The lowest BCUT2D eigenvalue weighted by Crippen LogP contribution is -2.44. The predicted molar refractivity (Wildman–Crippen MR) is 94.5 cm³/mol. The summed E-state index contributed by atoms with van der Waals surface area (Å²) in [4.78, 5) is 28.6. The summed E-state index contributed by atoms with van der Waals surface area (Å²) in [5, 5.41) is 0. The Morgan fingerprint density at radius 3 is 2.75 bits per heavy atom. The second-order valence-corrected chi connectivity index (χ2v) is 6.94. The summed E-state index contributed by atoms with van der Waals surface area (Å²) in [6.07, 6.45) is 5.12. The van der Waals surface area contributed by atoms with E-state index in [9.17, 15) is 9.59 Å². The largest absolute Gasteiger partial charge is 0.341 e. The topological polar surface area (TPSA) is 40.6 Å². The zero-order valence-electron chi connectivity index (χ0n) is 14.8. The van der Waals surface area contributed by atoms with Gasteiger partial charge in [-0.2, -0.15) is 0 Å². The van der Waals surface area contributed by atoms with Crippen LogP contribution >= 0.6 is 0 Å². The number of aryl methyl sites for hydroxylation is 1. The molecule has 4 nitrogen and oxygen atoms in total. The van der Waals surface area contributed by atoms with Crippen molar-refractivity contribution in [3.05, 3.63) is 35.4 Å². The first-order valence-corrected chi connectivity index (χ1v) is 9.31. The summed E-state index contributed by atoms with van der Waals surface area (Å²) < 4.78 is 0. The van der Waals surface area contributed by atoms with Crippen LogP contribution in [0.5, 0.6) is 0 Å². The van der Waals surface area contributed by atoms with E-state index in [0.29, 0.717) is 19.4 Å². The maximum atomic E-state index is 12.6. The van der Waals surface area contributed by atoms with Gasteiger partial charge in [0.25, 0.3) is 0 Å². The van der Waals surface area contributed by atoms with E-state index in [1.165, 1.54) is 11.1 Å². The number of carbonyl (C=O) groups excluding carboxylic acids is 2. The van der Waals surface area contributed by atoms with Gasteiger partial charge in [-0.25, -0.2) is 0 Å².